The third-order valence-electron chi connectivity index (χ3n) is 3.34. The lowest BCUT2D eigenvalue weighted by Crippen LogP contribution is -2.25. The third-order valence-corrected chi connectivity index (χ3v) is 3.34. The zero-order chi connectivity index (χ0) is 10.8. The second kappa shape index (κ2) is 4.61. The van der Waals surface area contributed by atoms with Gasteiger partial charge in [-0.2, -0.15) is 0 Å². The van der Waals surface area contributed by atoms with Crippen molar-refractivity contribution in [2.45, 2.75) is 31.3 Å². The summed E-state index contributed by atoms with van der Waals surface area (Å²) in [5, 5.41) is 19.5. The van der Waals surface area contributed by atoms with Crippen LogP contribution in [0.15, 0.2) is 12.7 Å². The Morgan fingerprint density at radius 3 is 2.47 bits per heavy atom. The van der Waals surface area contributed by atoms with Gasteiger partial charge in [-0.1, -0.05) is 6.08 Å². The lowest BCUT2D eigenvalue weighted by atomic mass is 9.90. The average Bonchev–Trinajstić information content (AvgIpc) is 2.77. The van der Waals surface area contributed by atoms with Crippen LogP contribution in [0.4, 0.5) is 0 Å². The fourth-order valence-electron chi connectivity index (χ4n) is 2.53. The minimum Gasteiger partial charge on any atom is -0.393 e. The Balaban J connectivity index is 1.96. The number of hydrogen-bond donors (Lipinski definition) is 2. The minimum atomic E-state index is -0.482. The molecule has 4 atom stereocenters. The van der Waals surface area contributed by atoms with E-state index in [2.05, 4.69) is 6.58 Å². The van der Waals surface area contributed by atoms with Crippen molar-refractivity contribution in [2.75, 3.05) is 13.2 Å². The predicted molar refractivity (Wildman–Crippen MR) is 54.1 cm³/mol. The van der Waals surface area contributed by atoms with Gasteiger partial charge in [-0.3, -0.25) is 0 Å². The zero-order valence-corrected chi connectivity index (χ0v) is 8.71. The molecule has 15 heavy (non-hydrogen) atoms. The maximum absolute atomic E-state index is 9.80. The van der Waals surface area contributed by atoms with E-state index in [1.165, 1.54) is 0 Å². The van der Waals surface area contributed by atoms with Crippen molar-refractivity contribution in [2.24, 2.45) is 11.8 Å². The van der Waals surface area contributed by atoms with E-state index in [1.807, 2.05) is 0 Å². The van der Waals surface area contributed by atoms with E-state index in [1.54, 1.807) is 6.08 Å². The molecule has 0 aromatic heterocycles. The highest BCUT2D eigenvalue weighted by atomic mass is 16.7. The summed E-state index contributed by atoms with van der Waals surface area (Å²) in [6, 6.07) is 0. The van der Waals surface area contributed by atoms with E-state index in [4.69, 9.17) is 9.47 Å². The van der Waals surface area contributed by atoms with Gasteiger partial charge in [-0.05, 0) is 5.92 Å². The van der Waals surface area contributed by atoms with Gasteiger partial charge < -0.3 is 19.7 Å². The van der Waals surface area contributed by atoms with Gasteiger partial charge in [-0.25, -0.2) is 0 Å². The van der Waals surface area contributed by atoms with Crippen LogP contribution in [-0.4, -0.2) is 41.9 Å². The van der Waals surface area contributed by atoms with Gasteiger partial charge in [0.2, 0.25) is 0 Å². The topological polar surface area (TPSA) is 58.9 Å². The number of aliphatic hydroxyl groups excluding tert-OH is 2. The highest BCUT2D eigenvalue weighted by molar-refractivity contribution is 4.99. The predicted octanol–water partition coefficient (Wildman–Crippen LogP) is 0.293. The second-order valence-electron chi connectivity index (χ2n) is 4.25. The van der Waals surface area contributed by atoms with Gasteiger partial charge in [0, 0.05) is 18.8 Å². The van der Waals surface area contributed by atoms with Crippen molar-refractivity contribution >= 4 is 0 Å². The first kappa shape index (κ1) is 11.1. The molecule has 1 aliphatic heterocycles. The van der Waals surface area contributed by atoms with E-state index in [0.717, 1.165) is 0 Å². The Morgan fingerprint density at radius 2 is 1.87 bits per heavy atom. The molecule has 4 heteroatoms. The summed E-state index contributed by atoms with van der Waals surface area (Å²) in [4.78, 5) is 0. The van der Waals surface area contributed by atoms with Gasteiger partial charge in [0.05, 0.1) is 25.4 Å². The maximum Gasteiger partial charge on any atom is 0.158 e. The molecular formula is C11H18O4. The van der Waals surface area contributed by atoms with E-state index in [0.29, 0.717) is 26.1 Å². The molecule has 0 aromatic carbocycles. The quantitative estimate of drug-likeness (QED) is 0.663. The Kier molecular flexibility index (Phi) is 3.41. The molecule has 0 unspecified atom stereocenters. The maximum atomic E-state index is 9.80. The largest absolute Gasteiger partial charge is 0.393 e. The summed E-state index contributed by atoms with van der Waals surface area (Å²) in [6.07, 6.45) is 1.60. The van der Waals surface area contributed by atoms with Gasteiger partial charge in [-0.15, -0.1) is 6.58 Å². The van der Waals surface area contributed by atoms with Crippen LogP contribution in [0, 0.1) is 11.8 Å². The Hall–Kier alpha value is -0.420. The van der Waals surface area contributed by atoms with Crippen molar-refractivity contribution in [1.82, 2.24) is 0 Å². The highest BCUT2D eigenvalue weighted by Crippen LogP contribution is 2.37. The molecule has 0 radical (unpaired) electrons. The van der Waals surface area contributed by atoms with Gasteiger partial charge in [0.25, 0.3) is 0 Å². The van der Waals surface area contributed by atoms with Crippen LogP contribution < -0.4 is 0 Å². The summed E-state index contributed by atoms with van der Waals surface area (Å²) in [7, 11) is 0. The summed E-state index contributed by atoms with van der Waals surface area (Å²) >= 11 is 0. The van der Waals surface area contributed by atoms with E-state index < -0.39 is 12.2 Å². The van der Waals surface area contributed by atoms with E-state index in [-0.39, 0.29) is 18.1 Å². The van der Waals surface area contributed by atoms with E-state index >= 15 is 0 Å². The monoisotopic (exact) mass is 214 g/mol. The molecule has 4 nitrogen and oxygen atoms in total. The molecule has 0 aromatic rings. The Morgan fingerprint density at radius 1 is 1.20 bits per heavy atom. The third kappa shape index (κ3) is 2.23. The zero-order valence-electron chi connectivity index (χ0n) is 8.71. The van der Waals surface area contributed by atoms with Gasteiger partial charge in [0.1, 0.15) is 0 Å². The van der Waals surface area contributed by atoms with Crippen LogP contribution in [0.2, 0.25) is 0 Å². The molecule has 1 heterocycles. The normalized spacial score (nSPS) is 42.3. The SMILES string of the molecule is C=C[C@@H]1[C@@H](CC2OCCO2)[C@H](O)C[C@@H]1O. The Labute approximate surface area is 89.5 Å². The summed E-state index contributed by atoms with van der Waals surface area (Å²) in [5.41, 5.74) is 0. The molecule has 0 spiro atoms. The van der Waals surface area contributed by atoms with Crippen LogP contribution in [0.5, 0.6) is 0 Å². The molecule has 1 saturated carbocycles. The van der Waals surface area contributed by atoms with Crippen LogP contribution in [-0.2, 0) is 9.47 Å². The molecule has 0 bridgehead atoms. The first-order chi connectivity index (χ1) is 7.22. The van der Waals surface area contributed by atoms with Crippen molar-refractivity contribution in [1.29, 1.82) is 0 Å². The summed E-state index contributed by atoms with van der Waals surface area (Å²) in [6.45, 7) is 4.94. The van der Waals surface area contributed by atoms with E-state index in [9.17, 15) is 10.2 Å². The summed E-state index contributed by atoms with van der Waals surface area (Å²) < 4.78 is 10.7. The number of ether oxygens (including phenoxy) is 2. The molecule has 2 fully saturated rings. The van der Waals surface area contributed by atoms with Crippen LogP contribution in [0.3, 0.4) is 0 Å². The lowest BCUT2D eigenvalue weighted by Gasteiger charge is -2.22. The van der Waals surface area contributed by atoms with Crippen LogP contribution in [0.1, 0.15) is 12.8 Å². The second-order valence-corrected chi connectivity index (χ2v) is 4.25. The highest BCUT2D eigenvalue weighted by Gasteiger charge is 2.41. The van der Waals surface area contributed by atoms with Crippen molar-refractivity contribution in [3.05, 3.63) is 12.7 Å². The fraction of sp³-hybridized carbons (Fsp3) is 0.818. The molecule has 2 N–H and O–H groups in total. The smallest absolute Gasteiger partial charge is 0.158 e. The van der Waals surface area contributed by atoms with Crippen LogP contribution >= 0.6 is 0 Å². The molecule has 2 rings (SSSR count). The first-order valence-electron chi connectivity index (χ1n) is 5.44. The van der Waals surface area contributed by atoms with Crippen molar-refractivity contribution < 1.29 is 19.7 Å². The number of aliphatic hydroxyl groups is 2. The lowest BCUT2D eigenvalue weighted by molar-refractivity contribution is -0.0696. The molecule has 86 valence electrons. The van der Waals surface area contributed by atoms with Gasteiger partial charge >= 0.3 is 0 Å². The first-order valence-corrected chi connectivity index (χ1v) is 5.44. The van der Waals surface area contributed by atoms with Gasteiger partial charge in [0.15, 0.2) is 6.29 Å². The van der Waals surface area contributed by atoms with Crippen LogP contribution in [0.25, 0.3) is 0 Å². The average molecular weight is 214 g/mol. The number of rotatable bonds is 3. The fourth-order valence-corrected chi connectivity index (χ4v) is 2.53. The molecular weight excluding hydrogens is 196 g/mol. The molecule has 1 saturated heterocycles. The molecule has 1 aliphatic carbocycles. The van der Waals surface area contributed by atoms with Crippen molar-refractivity contribution in [3.63, 3.8) is 0 Å². The van der Waals surface area contributed by atoms with Crippen molar-refractivity contribution in [3.8, 4) is 0 Å². The molecule has 2 aliphatic rings. The summed E-state index contributed by atoms with van der Waals surface area (Å²) in [5.74, 6) is -0.0478. The number of hydrogen-bond acceptors (Lipinski definition) is 4. The standard InChI is InChI=1S/C11H18O4/c1-2-7-8(10(13)6-9(7)12)5-11-14-3-4-15-11/h2,7-13H,1,3-6H2/t7-,8-,9+,10-/m1/s1. The minimum absolute atomic E-state index is 0.000556. The Bertz CT molecular complexity index is 225. The molecule has 0 amide bonds.